The summed E-state index contributed by atoms with van der Waals surface area (Å²) in [5.41, 5.74) is 2.00. The normalized spacial score (nSPS) is 19.4. The van der Waals surface area contributed by atoms with Crippen molar-refractivity contribution in [2.75, 3.05) is 24.7 Å². The summed E-state index contributed by atoms with van der Waals surface area (Å²) in [5, 5.41) is 3.87. The van der Waals surface area contributed by atoms with Crippen LogP contribution in [-0.2, 0) is 19.5 Å². The number of hydrogen-bond donors (Lipinski definition) is 0. The van der Waals surface area contributed by atoms with Crippen LogP contribution in [0.3, 0.4) is 0 Å². The maximum absolute atomic E-state index is 12.5. The van der Waals surface area contributed by atoms with Crippen molar-refractivity contribution in [3.05, 3.63) is 35.4 Å². The minimum Gasteiger partial charge on any atom is -0.386 e. The van der Waals surface area contributed by atoms with Crippen molar-refractivity contribution < 1.29 is 18.0 Å². The van der Waals surface area contributed by atoms with Crippen LogP contribution in [0.15, 0.2) is 29.4 Å². The summed E-state index contributed by atoms with van der Waals surface area (Å²) in [7, 11) is -3.04. The molecule has 7 heteroatoms. The largest absolute Gasteiger partial charge is 0.386 e. The Balaban J connectivity index is 1.94. The number of carbonyl (C=O) groups is 1. The first-order valence-electron chi connectivity index (χ1n) is 8.49. The van der Waals surface area contributed by atoms with E-state index in [0.717, 1.165) is 11.1 Å². The van der Waals surface area contributed by atoms with Crippen molar-refractivity contribution in [1.82, 2.24) is 4.90 Å². The minimum atomic E-state index is -3.04. The van der Waals surface area contributed by atoms with Gasteiger partial charge in [0.15, 0.2) is 16.4 Å². The van der Waals surface area contributed by atoms with E-state index in [2.05, 4.69) is 5.16 Å². The molecule has 0 spiro atoms. The number of hydrogen-bond acceptors (Lipinski definition) is 5. The van der Waals surface area contributed by atoms with Gasteiger partial charge in [0.05, 0.1) is 17.7 Å². The first kappa shape index (κ1) is 19.4. The van der Waals surface area contributed by atoms with Gasteiger partial charge in [0.1, 0.15) is 0 Å². The van der Waals surface area contributed by atoms with Crippen molar-refractivity contribution in [3.63, 3.8) is 0 Å². The van der Waals surface area contributed by atoms with E-state index in [1.54, 1.807) is 11.1 Å². The Kier molecular flexibility index (Phi) is 6.58. The smallest absolute Gasteiger partial charge is 0.263 e. The van der Waals surface area contributed by atoms with Crippen molar-refractivity contribution in [1.29, 1.82) is 0 Å². The molecule has 1 amide bonds. The Morgan fingerprint density at radius 3 is 2.72 bits per heavy atom. The van der Waals surface area contributed by atoms with Crippen LogP contribution in [-0.4, -0.2) is 56.1 Å². The lowest BCUT2D eigenvalue weighted by Crippen LogP contribution is -2.44. The van der Waals surface area contributed by atoms with E-state index in [4.69, 9.17) is 4.84 Å². The number of benzene rings is 1. The number of oxime groups is 1. The van der Waals surface area contributed by atoms with Crippen LogP contribution in [0.2, 0.25) is 0 Å². The highest BCUT2D eigenvalue weighted by Crippen LogP contribution is 2.19. The molecule has 1 aliphatic heterocycles. The molecule has 1 heterocycles. The number of rotatable bonds is 7. The Hall–Kier alpha value is -1.89. The highest BCUT2D eigenvalue weighted by atomic mass is 32.2. The van der Waals surface area contributed by atoms with Crippen LogP contribution in [0.1, 0.15) is 31.4 Å². The molecule has 0 radical (unpaired) electrons. The second-order valence-electron chi connectivity index (χ2n) is 6.86. The molecule has 0 aliphatic carbocycles. The lowest BCUT2D eigenvalue weighted by atomic mass is 10.1. The van der Waals surface area contributed by atoms with Gasteiger partial charge in [0.2, 0.25) is 0 Å². The Bertz CT molecular complexity index is 728. The average Bonchev–Trinajstić information content (AvgIpc) is 2.90. The summed E-state index contributed by atoms with van der Waals surface area (Å²) in [6.07, 6.45) is 2.07. The number of nitrogens with zero attached hydrogens (tertiary/aromatic N) is 2. The van der Waals surface area contributed by atoms with E-state index in [1.807, 2.05) is 45.0 Å². The lowest BCUT2D eigenvalue weighted by Gasteiger charge is -2.29. The molecule has 1 aromatic rings. The second-order valence-corrected chi connectivity index (χ2v) is 9.09. The van der Waals surface area contributed by atoms with E-state index >= 15 is 0 Å². The molecule has 0 N–H and O–H groups in total. The van der Waals surface area contributed by atoms with E-state index in [9.17, 15) is 13.2 Å². The molecule has 138 valence electrons. The molecule has 1 aliphatic rings. The van der Waals surface area contributed by atoms with Crippen LogP contribution < -0.4 is 0 Å². The van der Waals surface area contributed by atoms with E-state index in [1.165, 1.54) is 0 Å². The van der Waals surface area contributed by atoms with Crippen LogP contribution in [0.5, 0.6) is 0 Å². The summed E-state index contributed by atoms with van der Waals surface area (Å²) in [6.45, 7) is 6.30. The fourth-order valence-electron chi connectivity index (χ4n) is 2.87. The van der Waals surface area contributed by atoms with Gasteiger partial charge in [-0.2, -0.15) is 0 Å². The third-order valence-electron chi connectivity index (χ3n) is 4.17. The number of amides is 1. The van der Waals surface area contributed by atoms with Gasteiger partial charge in [0.25, 0.3) is 5.91 Å². The summed E-state index contributed by atoms with van der Waals surface area (Å²) in [6, 6.07) is 7.47. The molecular weight excluding hydrogens is 340 g/mol. The Morgan fingerprint density at radius 2 is 2.12 bits per heavy atom. The predicted octanol–water partition coefficient (Wildman–Crippen LogP) is 2.02. The molecule has 1 aromatic carbocycles. The van der Waals surface area contributed by atoms with Gasteiger partial charge in [0, 0.05) is 12.6 Å². The molecule has 2 rings (SSSR count). The maximum Gasteiger partial charge on any atom is 0.263 e. The molecule has 25 heavy (non-hydrogen) atoms. The van der Waals surface area contributed by atoms with Crippen molar-refractivity contribution in [3.8, 4) is 0 Å². The third-order valence-corrected chi connectivity index (χ3v) is 5.92. The van der Waals surface area contributed by atoms with Crippen molar-refractivity contribution in [2.45, 2.75) is 33.2 Å². The zero-order valence-electron chi connectivity index (χ0n) is 15.0. The van der Waals surface area contributed by atoms with Crippen molar-refractivity contribution >= 4 is 22.0 Å². The molecule has 1 atom stereocenters. The molecule has 6 nitrogen and oxygen atoms in total. The van der Waals surface area contributed by atoms with Gasteiger partial charge in [-0.3, -0.25) is 4.79 Å². The van der Waals surface area contributed by atoms with Crippen molar-refractivity contribution in [2.24, 2.45) is 11.1 Å². The molecular formula is C18H26N2O4S. The fourth-order valence-corrected chi connectivity index (χ4v) is 4.60. The maximum atomic E-state index is 12.5. The Labute approximate surface area is 149 Å². The van der Waals surface area contributed by atoms with Crippen LogP contribution in [0.25, 0.3) is 0 Å². The van der Waals surface area contributed by atoms with Gasteiger partial charge in [-0.05, 0) is 30.4 Å². The van der Waals surface area contributed by atoms with E-state index in [0.29, 0.717) is 13.0 Å². The van der Waals surface area contributed by atoms with Gasteiger partial charge >= 0.3 is 0 Å². The van der Waals surface area contributed by atoms with Gasteiger partial charge in [-0.15, -0.1) is 0 Å². The molecule has 0 saturated carbocycles. The summed E-state index contributed by atoms with van der Waals surface area (Å²) < 4.78 is 23.4. The first-order valence-corrected chi connectivity index (χ1v) is 10.3. The summed E-state index contributed by atoms with van der Waals surface area (Å²) >= 11 is 0. The van der Waals surface area contributed by atoms with Crippen LogP contribution in [0.4, 0.5) is 0 Å². The quantitative estimate of drug-likeness (QED) is 0.546. The Morgan fingerprint density at radius 1 is 1.40 bits per heavy atom. The predicted molar refractivity (Wildman–Crippen MR) is 98.3 cm³/mol. The van der Waals surface area contributed by atoms with Crippen LogP contribution in [0, 0.1) is 12.8 Å². The number of sulfone groups is 1. The molecule has 0 bridgehead atoms. The fraction of sp³-hybridized carbons (Fsp3) is 0.556. The summed E-state index contributed by atoms with van der Waals surface area (Å²) in [5.74, 6) is 0.213. The zero-order chi connectivity index (χ0) is 18.4. The molecule has 0 unspecified atom stereocenters. The molecule has 1 fully saturated rings. The summed E-state index contributed by atoms with van der Waals surface area (Å²) in [4.78, 5) is 19.3. The van der Waals surface area contributed by atoms with E-state index in [-0.39, 0.29) is 36.0 Å². The second kappa shape index (κ2) is 8.47. The third kappa shape index (κ3) is 5.85. The highest BCUT2D eigenvalue weighted by molar-refractivity contribution is 7.91. The highest BCUT2D eigenvalue weighted by Gasteiger charge is 2.34. The number of aryl methyl sites for hydroxylation is 1. The standard InChI is InChI=1S/C18H26N2O4S/c1-14(2)11-20(17-8-9-25(22,23)13-17)18(21)12-24-19-10-16-7-5-4-6-15(16)3/h4-7,10,14,17H,8-9,11-13H2,1-3H3/b19-10-/t17-/m1/s1. The minimum absolute atomic E-state index is 0.0396. The average molecular weight is 366 g/mol. The van der Waals surface area contributed by atoms with Gasteiger partial charge in [-0.1, -0.05) is 43.3 Å². The van der Waals surface area contributed by atoms with Crippen LogP contribution >= 0.6 is 0 Å². The molecule has 0 aromatic heterocycles. The number of carbonyl (C=O) groups excluding carboxylic acids is 1. The van der Waals surface area contributed by atoms with Gasteiger partial charge in [-0.25, -0.2) is 8.42 Å². The lowest BCUT2D eigenvalue weighted by molar-refractivity contribution is -0.138. The zero-order valence-corrected chi connectivity index (χ0v) is 15.8. The van der Waals surface area contributed by atoms with Gasteiger partial charge < -0.3 is 9.74 Å². The first-order chi connectivity index (χ1) is 11.8. The molecule has 1 saturated heterocycles. The monoisotopic (exact) mass is 366 g/mol. The SMILES string of the molecule is Cc1ccccc1/C=N\OCC(=O)N(CC(C)C)[C@@H]1CCS(=O)(=O)C1. The van der Waals surface area contributed by atoms with E-state index < -0.39 is 9.84 Å². The topological polar surface area (TPSA) is 76.0 Å².